The van der Waals surface area contributed by atoms with Crippen molar-refractivity contribution in [1.82, 2.24) is 20.5 Å². The van der Waals surface area contributed by atoms with Crippen molar-refractivity contribution in [1.29, 1.82) is 0 Å². The summed E-state index contributed by atoms with van der Waals surface area (Å²) in [5, 5.41) is 9.39. The zero-order valence-corrected chi connectivity index (χ0v) is 11.4. The van der Waals surface area contributed by atoms with Gasteiger partial charge in [-0.15, -0.1) is 0 Å². The quantitative estimate of drug-likeness (QED) is 0.720. The first-order valence-corrected chi connectivity index (χ1v) is 6.55. The minimum absolute atomic E-state index is 0.121. The van der Waals surface area contributed by atoms with Gasteiger partial charge in [-0.2, -0.15) is 5.10 Å². The maximum Gasteiger partial charge on any atom is 0.244 e. The van der Waals surface area contributed by atoms with Crippen molar-refractivity contribution in [2.45, 2.75) is 13.0 Å². The number of aromatic nitrogens is 3. The third-order valence-electron chi connectivity index (χ3n) is 3.07. The lowest BCUT2D eigenvalue weighted by Crippen LogP contribution is -2.24. The number of carbonyl (C=O) groups excluding carboxylic acids is 1. The number of benzene rings is 1. The van der Waals surface area contributed by atoms with Gasteiger partial charge >= 0.3 is 0 Å². The van der Waals surface area contributed by atoms with Crippen molar-refractivity contribution in [3.8, 4) is 0 Å². The molecule has 0 fully saturated rings. The Morgan fingerprint density at radius 1 is 1.43 bits per heavy atom. The Morgan fingerprint density at radius 3 is 3.05 bits per heavy atom. The largest absolute Gasteiger partial charge is 0.437 e. The minimum atomic E-state index is -0.217. The molecule has 21 heavy (non-hydrogen) atoms. The fraction of sp³-hybridized carbons (Fsp3) is 0.133. The van der Waals surface area contributed by atoms with E-state index >= 15 is 0 Å². The number of hydrogen-bond donors (Lipinski definition) is 2. The summed E-state index contributed by atoms with van der Waals surface area (Å²) < 4.78 is 5.50. The number of H-pyrrole nitrogens is 1. The number of fused-ring (bicyclic) bond motifs is 1. The molecule has 1 unspecified atom stereocenters. The van der Waals surface area contributed by atoms with Gasteiger partial charge in [-0.3, -0.25) is 9.89 Å². The highest BCUT2D eigenvalue weighted by atomic mass is 16.3. The van der Waals surface area contributed by atoms with Gasteiger partial charge in [0.05, 0.1) is 12.2 Å². The lowest BCUT2D eigenvalue weighted by molar-refractivity contribution is -0.117. The van der Waals surface area contributed by atoms with E-state index in [1.165, 1.54) is 6.08 Å². The van der Waals surface area contributed by atoms with E-state index in [2.05, 4.69) is 20.5 Å². The van der Waals surface area contributed by atoms with Crippen LogP contribution in [0.2, 0.25) is 0 Å². The Balaban J connectivity index is 1.66. The van der Waals surface area contributed by atoms with E-state index in [-0.39, 0.29) is 11.9 Å². The first-order valence-electron chi connectivity index (χ1n) is 6.55. The van der Waals surface area contributed by atoms with Crippen molar-refractivity contribution in [2.75, 3.05) is 0 Å². The van der Waals surface area contributed by atoms with E-state index in [0.717, 1.165) is 11.1 Å². The van der Waals surface area contributed by atoms with Crippen molar-refractivity contribution < 1.29 is 9.21 Å². The highest BCUT2D eigenvalue weighted by Gasteiger charge is 2.08. The molecule has 0 spiro atoms. The van der Waals surface area contributed by atoms with Crippen LogP contribution >= 0.6 is 0 Å². The number of oxazole rings is 1. The second-order valence-corrected chi connectivity index (χ2v) is 4.62. The summed E-state index contributed by atoms with van der Waals surface area (Å²) in [6.45, 7) is 1.88. The molecule has 2 heterocycles. The molecule has 0 aliphatic heterocycles. The van der Waals surface area contributed by atoms with Crippen molar-refractivity contribution in [2.24, 2.45) is 0 Å². The Morgan fingerprint density at radius 2 is 2.29 bits per heavy atom. The summed E-state index contributed by atoms with van der Waals surface area (Å²) in [6, 6.07) is 7.33. The van der Waals surface area contributed by atoms with E-state index in [1.54, 1.807) is 18.5 Å². The molecule has 106 valence electrons. The smallest absolute Gasteiger partial charge is 0.244 e. The van der Waals surface area contributed by atoms with Gasteiger partial charge in [-0.25, -0.2) is 4.98 Å². The molecule has 1 aromatic carbocycles. The average Bonchev–Trinajstić information content (AvgIpc) is 3.14. The summed E-state index contributed by atoms with van der Waals surface area (Å²) in [5.41, 5.74) is 2.38. The van der Waals surface area contributed by atoms with Crippen molar-refractivity contribution >= 4 is 23.1 Å². The number of aromatic amines is 1. The number of amides is 1. The van der Waals surface area contributed by atoms with Gasteiger partial charge in [-0.1, -0.05) is 12.1 Å². The summed E-state index contributed by atoms with van der Waals surface area (Å²) in [4.78, 5) is 16.1. The number of carbonyl (C=O) groups is 1. The van der Waals surface area contributed by atoms with Crippen LogP contribution in [0.5, 0.6) is 0 Å². The fourth-order valence-corrected chi connectivity index (χ4v) is 1.95. The molecule has 1 atom stereocenters. The van der Waals surface area contributed by atoms with Crippen LogP contribution < -0.4 is 5.32 Å². The van der Waals surface area contributed by atoms with E-state index in [0.29, 0.717) is 11.5 Å². The average molecular weight is 282 g/mol. The highest BCUT2D eigenvalue weighted by Crippen LogP contribution is 2.15. The van der Waals surface area contributed by atoms with Crippen LogP contribution in [0.1, 0.15) is 24.4 Å². The van der Waals surface area contributed by atoms with Gasteiger partial charge in [-0.05, 0) is 19.1 Å². The minimum Gasteiger partial charge on any atom is -0.437 e. The zero-order valence-electron chi connectivity index (χ0n) is 11.4. The third kappa shape index (κ3) is 3.00. The highest BCUT2D eigenvalue weighted by molar-refractivity contribution is 5.91. The Bertz CT molecular complexity index is 741. The molecule has 0 saturated carbocycles. The normalized spacial score (nSPS) is 12.8. The lowest BCUT2D eigenvalue weighted by Gasteiger charge is -2.09. The maximum atomic E-state index is 11.8. The number of para-hydroxylation sites is 2. The van der Waals surface area contributed by atoms with E-state index in [9.17, 15) is 4.79 Å². The first kappa shape index (κ1) is 13.1. The predicted molar refractivity (Wildman–Crippen MR) is 78.2 cm³/mol. The molecule has 3 rings (SSSR count). The molecule has 2 N–H and O–H groups in total. The number of nitrogens with zero attached hydrogens (tertiary/aromatic N) is 2. The SMILES string of the molecule is CC(NC(=O)/C=C/c1nc2ccccc2o1)c1cn[nH]c1. The third-order valence-corrected chi connectivity index (χ3v) is 3.07. The van der Waals surface area contributed by atoms with Crippen LogP contribution in [-0.4, -0.2) is 21.1 Å². The standard InChI is InChI=1S/C15H14N4O2/c1-10(11-8-16-17-9-11)18-14(20)6-7-15-19-12-4-2-3-5-13(12)21-15/h2-10H,1H3,(H,16,17)(H,18,20)/b7-6+. The molecule has 3 aromatic rings. The molecule has 0 saturated heterocycles. The molecular weight excluding hydrogens is 268 g/mol. The zero-order chi connectivity index (χ0) is 14.7. The molecule has 1 amide bonds. The van der Waals surface area contributed by atoms with Gasteiger partial charge in [0.15, 0.2) is 5.58 Å². The molecule has 6 heteroatoms. The van der Waals surface area contributed by atoms with Crippen molar-refractivity contribution in [3.05, 3.63) is 54.2 Å². The van der Waals surface area contributed by atoms with Crippen LogP contribution in [0.4, 0.5) is 0 Å². The molecule has 0 bridgehead atoms. The molecule has 2 aromatic heterocycles. The van der Waals surface area contributed by atoms with Gasteiger partial charge < -0.3 is 9.73 Å². The Labute approximate surface area is 120 Å². The number of nitrogens with one attached hydrogen (secondary N) is 2. The predicted octanol–water partition coefficient (Wildman–Crippen LogP) is 2.44. The van der Waals surface area contributed by atoms with Crippen LogP contribution in [-0.2, 0) is 4.79 Å². The van der Waals surface area contributed by atoms with Crippen LogP contribution in [0.3, 0.4) is 0 Å². The first-order chi connectivity index (χ1) is 10.2. The summed E-state index contributed by atoms with van der Waals surface area (Å²) >= 11 is 0. The fourth-order valence-electron chi connectivity index (χ4n) is 1.95. The summed E-state index contributed by atoms with van der Waals surface area (Å²) in [5.74, 6) is 0.188. The second kappa shape index (κ2) is 5.62. The van der Waals surface area contributed by atoms with E-state index in [1.807, 2.05) is 31.2 Å². The Kier molecular flexibility index (Phi) is 3.51. The van der Waals surface area contributed by atoms with Crippen LogP contribution in [0.25, 0.3) is 17.2 Å². The van der Waals surface area contributed by atoms with Gasteiger partial charge in [0.2, 0.25) is 11.8 Å². The molecular formula is C15H14N4O2. The number of rotatable bonds is 4. The maximum absolute atomic E-state index is 11.8. The van der Waals surface area contributed by atoms with Gasteiger partial charge in [0.1, 0.15) is 5.52 Å². The van der Waals surface area contributed by atoms with E-state index in [4.69, 9.17) is 4.42 Å². The topological polar surface area (TPSA) is 83.8 Å². The molecule has 0 aliphatic rings. The van der Waals surface area contributed by atoms with E-state index < -0.39 is 0 Å². The second-order valence-electron chi connectivity index (χ2n) is 4.62. The Hall–Kier alpha value is -2.89. The summed E-state index contributed by atoms with van der Waals surface area (Å²) in [6.07, 6.45) is 6.38. The van der Waals surface area contributed by atoms with Crippen molar-refractivity contribution in [3.63, 3.8) is 0 Å². The van der Waals surface area contributed by atoms with Crippen LogP contribution in [0.15, 0.2) is 47.2 Å². The van der Waals surface area contributed by atoms with Crippen LogP contribution in [0, 0.1) is 0 Å². The molecule has 0 aliphatic carbocycles. The molecule has 6 nitrogen and oxygen atoms in total. The van der Waals surface area contributed by atoms with Gasteiger partial charge in [0, 0.05) is 23.9 Å². The molecule has 0 radical (unpaired) electrons. The van der Waals surface area contributed by atoms with Gasteiger partial charge in [0.25, 0.3) is 0 Å². The monoisotopic (exact) mass is 282 g/mol. The summed E-state index contributed by atoms with van der Waals surface area (Å²) in [7, 11) is 0. The lowest BCUT2D eigenvalue weighted by atomic mass is 10.2. The number of hydrogen-bond acceptors (Lipinski definition) is 4.